The summed E-state index contributed by atoms with van der Waals surface area (Å²) in [7, 11) is -6.82. The molecule has 1 aliphatic heterocycles. The van der Waals surface area contributed by atoms with Gasteiger partial charge >= 0.3 is 0 Å². The molecule has 0 radical (unpaired) electrons. The van der Waals surface area contributed by atoms with E-state index in [-0.39, 0.29) is 6.61 Å². The fourth-order valence-electron chi connectivity index (χ4n) is 9.79. The Labute approximate surface area is 375 Å². The number of aliphatic hydroxyl groups excluding tert-OH is 2. The van der Waals surface area contributed by atoms with E-state index in [1.807, 2.05) is 140 Å². The minimum Gasteiger partial charge on any atom is -0.494 e. The lowest BCUT2D eigenvalue weighted by molar-refractivity contribution is -0.209. The van der Waals surface area contributed by atoms with Gasteiger partial charge in [-0.2, -0.15) is 0 Å². The molecule has 6 aromatic carbocycles. The van der Waals surface area contributed by atoms with Gasteiger partial charge in [0.2, 0.25) is 0 Å². The van der Waals surface area contributed by atoms with Crippen molar-refractivity contribution in [3.8, 4) is 5.75 Å². The third kappa shape index (κ3) is 9.03. The summed E-state index contributed by atoms with van der Waals surface area (Å²) in [6.45, 7) is 13.1. The Kier molecular flexibility index (Phi) is 14.1. The molecular weight excluding hydrogens is 824 g/mol. The van der Waals surface area contributed by atoms with E-state index < -0.39 is 57.0 Å². The molecule has 0 aliphatic carbocycles. The monoisotopic (exact) mass is 884 g/mol. The Hall–Kier alpha value is -4.36. The van der Waals surface area contributed by atoms with Gasteiger partial charge in [-0.1, -0.05) is 192 Å². The maximum Gasteiger partial charge on any atom is 0.261 e. The molecule has 5 atom stereocenters. The Morgan fingerprint density at radius 2 is 1.18 bits per heavy atom. The van der Waals surface area contributed by atoms with E-state index in [2.05, 4.69) is 65.0 Å². The zero-order valence-electron chi connectivity index (χ0n) is 36.7. The molecule has 9 heteroatoms. The predicted octanol–water partition coefficient (Wildman–Crippen LogP) is 8.61. The topological polar surface area (TPSA) is 88.4 Å². The first kappa shape index (κ1) is 45.7. The van der Waals surface area contributed by atoms with Crippen molar-refractivity contribution in [2.45, 2.75) is 88.9 Å². The van der Waals surface area contributed by atoms with Crippen LogP contribution >= 0.6 is 11.6 Å². The third-order valence-electron chi connectivity index (χ3n) is 12.9. The molecule has 62 heavy (non-hydrogen) atoms. The van der Waals surface area contributed by atoms with Crippen LogP contribution in [0.3, 0.4) is 0 Å². The molecular formula is C53H61ClO6Si2. The molecule has 0 bridgehead atoms. The van der Waals surface area contributed by atoms with Gasteiger partial charge in [-0.3, -0.25) is 0 Å². The largest absolute Gasteiger partial charge is 0.494 e. The quantitative estimate of drug-likeness (QED) is 0.0897. The molecule has 0 amide bonds. The first-order valence-electron chi connectivity index (χ1n) is 21.8. The minimum atomic E-state index is -3.56. The van der Waals surface area contributed by atoms with Crippen LogP contribution in [-0.4, -0.2) is 63.2 Å². The van der Waals surface area contributed by atoms with Crippen molar-refractivity contribution in [3.05, 3.63) is 186 Å². The van der Waals surface area contributed by atoms with Gasteiger partial charge in [0, 0.05) is 10.9 Å². The number of hydrogen-bond donors (Lipinski definition) is 3. The van der Waals surface area contributed by atoms with Gasteiger partial charge in [0.25, 0.3) is 16.6 Å². The lowest BCUT2D eigenvalue weighted by Crippen LogP contribution is -2.71. The normalized spacial score (nSPS) is 19.9. The second-order valence-corrected chi connectivity index (χ2v) is 26.9. The highest BCUT2D eigenvalue weighted by Crippen LogP contribution is 2.51. The standard InChI is InChI=1S/C53H61ClO6Si2/c1-7-58-41-31-28-38(29-32-41)34-40-35-39(30-33-47(40)54)50-46(36-53(5,6)61(57,42-20-12-8-13-21-42)43-22-14-9-15-23-43)49(56)51(48(37-55)59-50)60-62(52(2,3)4,44-24-16-10-17-25-44)45-26-18-11-19-27-45/h8-33,35,46,48-51,55-57H,7,34,36-37H2,1-6H3/t46?,48-,49-,50+,51?/m1/s1. The molecule has 1 fully saturated rings. The van der Waals surface area contributed by atoms with Crippen molar-refractivity contribution < 1.29 is 28.9 Å². The van der Waals surface area contributed by atoms with Crippen LogP contribution in [0.15, 0.2) is 164 Å². The van der Waals surface area contributed by atoms with Crippen LogP contribution in [-0.2, 0) is 15.6 Å². The van der Waals surface area contributed by atoms with E-state index >= 15 is 0 Å². The number of benzene rings is 6. The van der Waals surface area contributed by atoms with Crippen LogP contribution in [0, 0.1) is 5.92 Å². The molecule has 1 aliphatic rings. The molecule has 7 rings (SSSR count). The molecule has 1 heterocycles. The maximum absolute atomic E-state index is 13.4. The van der Waals surface area contributed by atoms with Crippen LogP contribution in [0.4, 0.5) is 0 Å². The Morgan fingerprint density at radius 3 is 1.65 bits per heavy atom. The van der Waals surface area contributed by atoms with Gasteiger partial charge in [-0.25, -0.2) is 0 Å². The van der Waals surface area contributed by atoms with Crippen molar-refractivity contribution in [1.29, 1.82) is 0 Å². The first-order valence-corrected chi connectivity index (χ1v) is 26.0. The van der Waals surface area contributed by atoms with Gasteiger partial charge < -0.3 is 28.9 Å². The highest BCUT2D eigenvalue weighted by Gasteiger charge is 2.58. The molecule has 6 nitrogen and oxygen atoms in total. The molecule has 6 aromatic rings. The van der Waals surface area contributed by atoms with E-state index in [9.17, 15) is 15.0 Å². The molecule has 1 saturated heterocycles. The summed E-state index contributed by atoms with van der Waals surface area (Å²) in [6.07, 6.45) is -2.63. The number of ether oxygens (including phenoxy) is 2. The summed E-state index contributed by atoms with van der Waals surface area (Å²) in [5.41, 5.74) is 2.82. The highest BCUT2D eigenvalue weighted by atomic mass is 35.5. The maximum atomic E-state index is 13.4. The predicted molar refractivity (Wildman–Crippen MR) is 257 cm³/mol. The molecule has 0 spiro atoms. The Bertz CT molecular complexity index is 2260. The minimum absolute atomic E-state index is 0.369. The van der Waals surface area contributed by atoms with Crippen LogP contribution in [0.25, 0.3) is 0 Å². The number of rotatable bonds is 15. The molecule has 0 aromatic heterocycles. The summed E-state index contributed by atoms with van der Waals surface area (Å²) in [5, 5.41) is 28.0. The van der Waals surface area contributed by atoms with E-state index in [1.165, 1.54) is 0 Å². The van der Waals surface area contributed by atoms with Gasteiger partial charge in [0.05, 0.1) is 25.4 Å². The third-order valence-corrected chi connectivity index (χ3v) is 22.8. The van der Waals surface area contributed by atoms with Crippen LogP contribution in [0.5, 0.6) is 5.75 Å². The van der Waals surface area contributed by atoms with E-state index in [1.54, 1.807) is 0 Å². The van der Waals surface area contributed by atoms with Crippen molar-refractivity contribution in [1.82, 2.24) is 0 Å². The smallest absolute Gasteiger partial charge is 0.261 e. The average molecular weight is 886 g/mol. The summed E-state index contributed by atoms with van der Waals surface area (Å²) in [6, 6.07) is 54.6. The Balaban J connectivity index is 1.37. The number of halogens is 1. The summed E-state index contributed by atoms with van der Waals surface area (Å²) in [5.74, 6) is 0.229. The fourth-order valence-corrected chi connectivity index (χ4v) is 18.5. The van der Waals surface area contributed by atoms with Gasteiger partial charge in [0.1, 0.15) is 18.0 Å². The van der Waals surface area contributed by atoms with Gasteiger partial charge in [-0.15, -0.1) is 0 Å². The van der Waals surface area contributed by atoms with Gasteiger partial charge in [0.15, 0.2) is 0 Å². The van der Waals surface area contributed by atoms with E-state index in [0.717, 1.165) is 43.2 Å². The first-order chi connectivity index (χ1) is 29.7. The second kappa shape index (κ2) is 19.2. The summed E-state index contributed by atoms with van der Waals surface area (Å²) < 4.78 is 20.5. The van der Waals surface area contributed by atoms with Crippen molar-refractivity contribution >= 4 is 49.0 Å². The molecule has 3 N–H and O–H groups in total. The van der Waals surface area contributed by atoms with E-state index in [0.29, 0.717) is 24.5 Å². The molecule has 2 unspecified atom stereocenters. The fraction of sp³-hybridized carbons (Fsp3) is 0.321. The number of aliphatic hydroxyl groups is 2. The number of hydrogen-bond acceptors (Lipinski definition) is 6. The second-order valence-electron chi connectivity index (χ2n) is 18.3. The lowest BCUT2D eigenvalue weighted by atomic mass is 9.78. The highest BCUT2D eigenvalue weighted by molar-refractivity contribution is 6.99. The zero-order valence-corrected chi connectivity index (χ0v) is 39.5. The van der Waals surface area contributed by atoms with Gasteiger partial charge in [-0.05, 0) is 85.5 Å². The van der Waals surface area contributed by atoms with Crippen molar-refractivity contribution in [3.63, 3.8) is 0 Å². The van der Waals surface area contributed by atoms with Crippen molar-refractivity contribution in [2.75, 3.05) is 13.2 Å². The molecule has 324 valence electrons. The SMILES string of the molecule is CCOc1ccc(Cc2cc([C@@H]3O[C@H](CO)C(O[Si](c4ccccc4)(c4ccccc4)C(C)(C)C)[C@H](O)C3CC(C)(C)[Si](O)(c3ccccc3)c3ccccc3)ccc2Cl)cc1. The molecule has 0 saturated carbocycles. The summed E-state index contributed by atoms with van der Waals surface area (Å²) >= 11 is 6.95. The van der Waals surface area contributed by atoms with E-state index in [4.69, 9.17) is 25.5 Å². The lowest BCUT2D eigenvalue weighted by Gasteiger charge is -2.53. The van der Waals surface area contributed by atoms with Crippen LogP contribution < -0.4 is 25.5 Å². The van der Waals surface area contributed by atoms with Crippen molar-refractivity contribution in [2.24, 2.45) is 5.92 Å². The Morgan fingerprint density at radius 1 is 0.677 bits per heavy atom. The zero-order chi connectivity index (χ0) is 44.1. The van der Waals surface area contributed by atoms with Crippen LogP contribution in [0.1, 0.15) is 70.8 Å². The summed E-state index contributed by atoms with van der Waals surface area (Å²) in [4.78, 5) is 13.4. The van der Waals surface area contributed by atoms with Crippen LogP contribution in [0.2, 0.25) is 15.1 Å². The average Bonchev–Trinajstić information content (AvgIpc) is 3.28.